The number of rotatable bonds is 5. The maximum Gasteiger partial charge on any atom is 0.220 e. The molecule has 25 heavy (non-hydrogen) atoms. The third-order valence-electron chi connectivity index (χ3n) is 4.72. The molecule has 0 radical (unpaired) electrons. The first-order chi connectivity index (χ1) is 12.1. The number of benzene rings is 1. The normalized spacial score (nSPS) is 18.1. The van der Waals surface area contributed by atoms with Crippen molar-refractivity contribution in [2.24, 2.45) is 0 Å². The van der Waals surface area contributed by atoms with E-state index < -0.39 is 0 Å². The number of halogens is 1. The highest BCUT2D eigenvalue weighted by Crippen LogP contribution is 2.21. The van der Waals surface area contributed by atoms with Gasteiger partial charge in [0.1, 0.15) is 0 Å². The molecule has 0 bridgehead atoms. The van der Waals surface area contributed by atoms with Crippen LogP contribution in [0.5, 0.6) is 0 Å². The van der Waals surface area contributed by atoms with Crippen LogP contribution in [0.15, 0.2) is 48.8 Å². The number of likely N-dealkylation sites (tertiary alicyclic amines) is 1. The lowest BCUT2D eigenvalue weighted by atomic mass is 10.0. The fourth-order valence-corrected chi connectivity index (χ4v) is 3.59. The zero-order chi connectivity index (χ0) is 17.6. The van der Waals surface area contributed by atoms with Crippen molar-refractivity contribution in [3.8, 4) is 0 Å². The molecule has 0 N–H and O–H groups in total. The highest BCUT2D eigenvalue weighted by Gasteiger charge is 2.27. The number of aromatic nitrogens is 1. The minimum Gasteiger partial charge on any atom is -0.334 e. The molecule has 4 nitrogen and oxygen atoms in total. The van der Waals surface area contributed by atoms with Gasteiger partial charge in [-0.15, -0.1) is 0 Å². The average molecular weight is 358 g/mol. The number of amides is 1. The number of hydrogen-bond acceptors (Lipinski definition) is 3. The van der Waals surface area contributed by atoms with E-state index in [-0.39, 0.29) is 11.9 Å². The van der Waals surface area contributed by atoms with Crippen molar-refractivity contribution in [3.63, 3.8) is 0 Å². The van der Waals surface area contributed by atoms with Crippen molar-refractivity contribution in [2.75, 3.05) is 13.1 Å². The first kappa shape index (κ1) is 17.9. The molecule has 132 valence electrons. The molecule has 3 rings (SSSR count). The van der Waals surface area contributed by atoms with Gasteiger partial charge in [-0.25, -0.2) is 0 Å². The summed E-state index contributed by atoms with van der Waals surface area (Å²) in [4.78, 5) is 20.8. The van der Waals surface area contributed by atoms with Crippen LogP contribution >= 0.6 is 11.6 Å². The Kier molecular flexibility index (Phi) is 6.05. The topological polar surface area (TPSA) is 36.4 Å². The number of carbonyl (C=O) groups excluding carboxylic acids is 1. The van der Waals surface area contributed by atoms with E-state index in [1.807, 2.05) is 35.4 Å². The van der Waals surface area contributed by atoms with Crippen LogP contribution in [-0.2, 0) is 17.9 Å². The van der Waals surface area contributed by atoms with E-state index >= 15 is 0 Å². The van der Waals surface area contributed by atoms with E-state index in [1.165, 1.54) is 5.56 Å². The molecule has 1 aromatic carbocycles. The molecule has 0 spiro atoms. The van der Waals surface area contributed by atoms with Gasteiger partial charge in [0.25, 0.3) is 0 Å². The van der Waals surface area contributed by atoms with Crippen LogP contribution in [0, 0.1) is 0 Å². The molecule has 2 heterocycles. The van der Waals surface area contributed by atoms with Crippen LogP contribution in [0.2, 0.25) is 5.02 Å². The lowest BCUT2D eigenvalue weighted by Crippen LogP contribution is -2.49. The van der Waals surface area contributed by atoms with Gasteiger partial charge in [0.2, 0.25) is 5.91 Å². The van der Waals surface area contributed by atoms with Crippen LogP contribution in [0.1, 0.15) is 30.9 Å². The smallest absolute Gasteiger partial charge is 0.220 e. The summed E-state index contributed by atoms with van der Waals surface area (Å²) in [7, 11) is 0. The van der Waals surface area contributed by atoms with Gasteiger partial charge >= 0.3 is 0 Å². The Morgan fingerprint density at radius 2 is 2.08 bits per heavy atom. The van der Waals surface area contributed by atoms with Crippen LogP contribution < -0.4 is 0 Å². The lowest BCUT2D eigenvalue weighted by Gasteiger charge is -2.39. The van der Waals surface area contributed by atoms with Gasteiger partial charge in [-0.1, -0.05) is 29.8 Å². The van der Waals surface area contributed by atoms with E-state index in [9.17, 15) is 4.79 Å². The van der Waals surface area contributed by atoms with Gasteiger partial charge in [0, 0.05) is 50.0 Å². The van der Waals surface area contributed by atoms with E-state index in [0.717, 1.165) is 43.1 Å². The number of hydrogen-bond donors (Lipinski definition) is 0. The van der Waals surface area contributed by atoms with Crippen LogP contribution in [0.25, 0.3) is 0 Å². The first-order valence-corrected chi connectivity index (χ1v) is 9.12. The SMILES string of the molecule is CC(=O)N(Cc1cccnc1)C1CCCN(Cc2ccc(Cl)cc2)C1. The van der Waals surface area contributed by atoms with Crippen molar-refractivity contribution < 1.29 is 4.79 Å². The Labute approximate surface area is 154 Å². The van der Waals surface area contributed by atoms with E-state index in [4.69, 9.17) is 11.6 Å². The zero-order valence-electron chi connectivity index (χ0n) is 14.6. The second-order valence-corrected chi connectivity index (χ2v) is 7.10. The van der Waals surface area contributed by atoms with Gasteiger partial charge in [0.05, 0.1) is 0 Å². The molecular formula is C20H24ClN3O. The molecule has 2 aromatic rings. The third-order valence-corrected chi connectivity index (χ3v) is 4.97. The van der Waals surface area contributed by atoms with E-state index in [0.29, 0.717) is 6.54 Å². The van der Waals surface area contributed by atoms with Gasteiger partial charge in [-0.2, -0.15) is 0 Å². The average Bonchev–Trinajstić information content (AvgIpc) is 2.62. The third kappa shape index (κ3) is 5.03. The highest BCUT2D eigenvalue weighted by molar-refractivity contribution is 6.30. The second-order valence-electron chi connectivity index (χ2n) is 6.67. The lowest BCUT2D eigenvalue weighted by molar-refractivity contribution is -0.133. The summed E-state index contributed by atoms with van der Waals surface area (Å²) in [5, 5.41) is 0.763. The van der Waals surface area contributed by atoms with Gasteiger partial charge in [-0.05, 0) is 48.7 Å². The molecule has 1 aliphatic rings. The molecule has 1 saturated heterocycles. The van der Waals surface area contributed by atoms with Crippen molar-refractivity contribution in [3.05, 3.63) is 64.9 Å². The summed E-state index contributed by atoms with van der Waals surface area (Å²) in [5.74, 6) is 0.127. The quantitative estimate of drug-likeness (QED) is 0.817. The summed E-state index contributed by atoms with van der Waals surface area (Å²) in [6, 6.07) is 12.2. The minimum absolute atomic E-state index is 0.127. The summed E-state index contributed by atoms with van der Waals surface area (Å²) >= 11 is 5.97. The van der Waals surface area contributed by atoms with E-state index in [1.54, 1.807) is 13.1 Å². The molecular weight excluding hydrogens is 334 g/mol. The number of pyridine rings is 1. The maximum absolute atomic E-state index is 12.2. The fourth-order valence-electron chi connectivity index (χ4n) is 3.46. The summed E-state index contributed by atoms with van der Waals surface area (Å²) in [5.41, 5.74) is 2.33. The van der Waals surface area contributed by atoms with Crippen molar-refractivity contribution >= 4 is 17.5 Å². The Hall–Kier alpha value is -1.91. The van der Waals surface area contributed by atoms with Crippen molar-refractivity contribution in [1.29, 1.82) is 0 Å². The molecule has 1 atom stereocenters. The van der Waals surface area contributed by atoms with Gasteiger partial charge in [0.15, 0.2) is 0 Å². The zero-order valence-corrected chi connectivity index (χ0v) is 15.3. The van der Waals surface area contributed by atoms with Gasteiger partial charge in [-0.3, -0.25) is 14.7 Å². The minimum atomic E-state index is 0.127. The van der Waals surface area contributed by atoms with Crippen molar-refractivity contribution in [1.82, 2.24) is 14.8 Å². The number of nitrogens with zero attached hydrogens (tertiary/aromatic N) is 3. The van der Waals surface area contributed by atoms with Crippen LogP contribution in [0.3, 0.4) is 0 Å². The predicted molar refractivity (Wildman–Crippen MR) is 100 cm³/mol. The Balaban J connectivity index is 1.65. The summed E-state index contributed by atoms with van der Waals surface area (Å²) < 4.78 is 0. The number of piperidine rings is 1. The molecule has 1 aliphatic heterocycles. The molecule has 1 unspecified atom stereocenters. The molecule has 0 saturated carbocycles. The fraction of sp³-hybridized carbons (Fsp3) is 0.400. The summed E-state index contributed by atoms with van der Waals surface area (Å²) in [6.07, 6.45) is 5.76. The molecule has 1 fully saturated rings. The first-order valence-electron chi connectivity index (χ1n) is 8.75. The maximum atomic E-state index is 12.2. The standard InChI is InChI=1S/C20H24ClN3O/c1-16(25)24(14-18-4-2-10-22-12-18)20-5-3-11-23(15-20)13-17-6-8-19(21)9-7-17/h2,4,6-10,12,20H,3,5,11,13-15H2,1H3. The molecule has 1 amide bonds. The number of carbonyl (C=O) groups is 1. The Morgan fingerprint density at radius 1 is 1.28 bits per heavy atom. The summed E-state index contributed by atoms with van der Waals surface area (Å²) in [6.45, 7) is 5.16. The molecule has 5 heteroatoms. The highest BCUT2D eigenvalue weighted by atomic mass is 35.5. The monoisotopic (exact) mass is 357 g/mol. The van der Waals surface area contributed by atoms with Crippen LogP contribution in [0.4, 0.5) is 0 Å². The molecule has 1 aromatic heterocycles. The van der Waals surface area contributed by atoms with E-state index in [2.05, 4.69) is 22.0 Å². The van der Waals surface area contributed by atoms with Gasteiger partial charge < -0.3 is 4.90 Å². The molecule has 0 aliphatic carbocycles. The van der Waals surface area contributed by atoms with Crippen molar-refractivity contribution in [2.45, 2.75) is 38.9 Å². The second kappa shape index (κ2) is 8.45. The predicted octanol–water partition coefficient (Wildman–Crippen LogP) is 3.75. The Morgan fingerprint density at radius 3 is 2.76 bits per heavy atom. The Bertz CT molecular complexity index is 690. The largest absolute Gasteiger partial charge is 0.334 e. The van der Waals surface area contributed by atoms with Crippen LogP contribution in [-0.4, -0.2) is 39.8 Å².